The molecule has 1 heterocycles. The zero-order valence-corrected chi connectivity index (χ0v) is 11.5. The van der Waals surface area contributed by atoms with Gasteiger partial charge in [-0.05, 0) is 42.9 Å². The van der Waals surface area contributed by atoms with Crippen molar-refractivity contribution in [3.63, 3.8) is 0 Å². The predicted octanol–water partition coefficient (Wildman–Crippen LogP) is 2.92. The largest absolute Gasteiger partial charge is 0.396 e. The molecule has 2 rings (SSSR count). The second-order valence-electron chi connectivity index (χ2n) is 5.61. The minimum Gasteiger partial charge on any atom is -0.396 e. The van der Waals surface area contributed by atoms with Gasteiger partial charge in [0.25, 0.3) is 5.91 Å². The Kier molecular flexibility index (Phi) is 4.08. The third kappa shape index (κ3) is 3.06. The molecule has 1 aromatic carbocycles. The highest BCUT2D eigenvalue weighted by Gasteiger charge is 2.25. The van der Waals surface area contributed by atoms with Crippen LogP contribution in [0.1, 0.15) is 37.0 Å². The maximum atomic E-state index is 13.1. The third-order valence-electron chi connectivity index (χ3n) is 4.01. The molecule has 0 radical (unpaired) electrons. The summed E-state index contributed by atoms with van der Waals surface area (Å²) in [6.45, 7) is 6.00. The van der Waals surface area contributed by atoms with Gasteiger partial charge in [-0.15, -0.1) is 0 Å². The molecule has 2 N–H and O–H groups in total. The molecule has 3 nitrogen and oxygen atoms in total. The number of likely N-dealkylation sites (tertiary alicyclic amines) is 1. The Morgan fingerprint density at radius 3 is 2.53 bits per heavy atom. The van der Waals surface area contributed by atoms with Crippen molar-refractivity contribution in [2.75, 3.05) is 18.8 Å². The summed E-state index contributed by atoms with van der Waals surface area (Å²) in [5, 5.41) is 0. The lowest BCUT2D eigenvalue weighted by Crippen LogP contribution is -2.39. The number of nitrogen functional groups attached to an aromatic ring is 1. The van der Waals surface area contributed by atoms with Crippen LogP contribution in [0.25, 0.3) is 0 Å². The van der Waals surface area contributed by atoms with Crippen molar-refractivity contribution in [3.8, 4) is 0 Å². The minimum atomic E-state index is -0.477. The summed E-state index contributed by atoms with van der Waals surface area (Å²) in [4.78, 5) is 14.1. The van der Waals surface area contributed by atoms with Crippen molar-refractivity contribution >= 4 is 11.6 Å². The molecular formula is C15H21FN2O. The van der Waals surface area contributed by atoms with E-state index in [1.165, 1.54) is 18.2 Å². The Bertz CT molecular complexity index is 465. The van der Waals surface area contributed by atoms with Gasteiger partial charge in [0.15, 0.2) is 0 Å². The first-order valence-electron chi connectivity index (χ1n) is 6.83. The van der Waals surface area contributed by atoms with Crippen LogP contribution >= 0.6 is 0 Å². The van der Waals surface area contributed by atoms with E-state index in [-0.39, 0.29) is 11.6 Å². The molecule has 1 fully saturated rings. The molecule has 1 aliphatic heterocycles. The van der Waals surface area contributed by atoms with Crippen molar-refractivity contribution < 1.29 is 9.18 Å². The normalized spacial score (nSPS) is 16.9. The van der Waals surface area contributed by atoms with E-state index in [9.17, 15) is 9.18 Å². The number of rotatable bonds is 2. The second kappa shape index (κ2) is 5.59. The van der Waals surface area contributed by atoms with Crippen LogP contribution in [0.5, 0.6) is 0 Å². The van der Waals surface area contributed by atoms with Crippen molar-refractivity contribution in [2.45, 2.75) is 26.7 Å². The van der Waals surface area contributed by atoms with E-state index in [1.807, 2.05) is 4.90 Å². The van der Waals surface area contributed by atoms with Gasteiger partial charge in [0.1, 0.15) is 5.82 Å². The highest BCUT2D eigenvalue weighted by Crippen LogP contribution is 2.25. The minimum absolute atomic E-state index is 0.0305. The molecule has 1 saturated heterocycles. The number of piperidine rings is 1. The van der Waals surface area contributed by atoms with Crippen molar-refractivity contribution in [1.29, 1.82) is 0 Å². The van der Waals surface area contributed by atoms with Gasteiger partial charge in [0.05, 0.1) is 5.69 Å². The zero-order chi connectivity index (χ0) is 14.0. The van der Waals surface area contributed by atoms with E-state index in [2.05, 4.69) is 13.8 Å². The molecule has 1 amide bonds. The molecule has 1 aromatic rings. The summed E-state index contributed by atoms with van der Waals surface area (Å²) in [5.74, 6) is 0.838. The molecule has 104 valence electrons. The maximum absolute atomic E-state index is 13.1. The lowest BCUT2D eigenvalue weighted by molar-refractivity contribution is 0.0667. The van der Waals surface area contributed by atoms with Crippen LogP contribution in [0.15, 0.2) is 18.2 Å². The zero-order valence-electron chi connectivity index (χ0n) is 11.5. The van der Waals surface area contributed by atoms with Crippen LogP contribution in [-0.2, 0) is 0 Å². The average Bonchev–Trinajstić information content (AvgIpc) is 2.41. The standard InChI is InChI=1S/C15H21FN2O/c1-10(2)11-5-7-18(8-6-11)15(19)12-3-4-13(16)14(17)9-12/h3-4,9-11H,5-8,17H2,1-2H3. The maximum Gasteiger partial charge on any atom is 0.253 e. The first-order chi connectivity index (χ1) is 8.99. The first-order valence-corrected chi connectivity index (χ1v) is 6.83. The lowest BCUT2D eigenvalue weighted by Gasteiger charge is -2.34. The number of hydrogen-bond donors (Lipinski definition) is 1. The number of benzene rings is 1. The molecule has 4 heteroatoms. The summed E-state index contributed by atoms with van der Waals surface area (Å²) in [5.41, 5.74) is 6.01. The van der Waals surface area contributed by atoms with Crippen molar-refractivity contribution in [2.24, 2.45) is 11.8 Å². The Balaban J connectivity index is 2.03. The summed E-state index contributed by atoms with van der Waals surface area (Å²) in [7, 11) is 0. The van der Waals surface area contributed by atoms with Crippen LogP contribution in [0, 0.1) is 17.7 Å². The van der Waals surface area contributed by atoms with Crippen molar-refractivity contribution in [1.82, 2.24) is 4.90 Å². The third-order valence-corrected chi connectivity index (χ3v) is 4.01. The van der Waals surface area contributed by atoms with E-state index in [0.29, 0.717) is 17.4 Å². The molecule has 19 heavy (non-hydrogen) atoms. The molecule has 0 unspecified atom stereocenters. The number of carbonyl (C=O) groups is 1. The predicted molar refractivity (Wildman–Crippen MR) is 74.3 cm³/mol. The molecular weight excluding hydrogens is 243 g/mol. The van der Waals surface area contributed by atoms with E-state index in [0.717, 1.165) is 25.9 Å². The Morgan fingerprint density at radius 1 is 1.37 bits per heavy atom. The number of carbonyl (C=O) groups excluding carboxylic acids is 1. The quantitative estimate of drug-likeness (QED) is 0.835. The monoisotopic (exact) mass is 264 g/mol. The summed E-state index contributed by atoms with van der Waals surface area (Å²) < 4.78 is 13.1. The summed E-state index contributed by atoms with van der Waals surface area (Å²) in [6, 6.07) is 4.18. The van der Waals surface area contributed by atoms with E-state index >= 15 is 0 Å². The van der Waals surface area contributed by atoms with Crippen LogP contribution < -0.4 is 5.73 Å². The van der Waals surface area contributed by atoms with Gasteiger partial charge >= 0.3 is 0 Å². The fraction of sp³-hybridized carbons (Fsp3) is 0.533. The second-order valence-corrected chi connectivity index (χ2v) is 5.61. The Morgan fingerprint density at radius 2 is 2.00 bits per heavy atom. The molecule has 0 aromatic heterocycles. The number of halogens is 1. The van der Waals surface area contributed by atoms with Crippen LogP contribution in [0.2, 0.25) is 0 Å². The van der Waals surface area contributed by atoms with E-state index in [4.69, 9.17) is 5.73 Å². The van der Waals surface area contributed by atoms with Crippen LogP contribution in [0.3, 0.4) is 0 Å². The average molecular weight is 264 g/mol. The Hall–Kier alpha value is -1.58. The number of nitrogens with two attached hydrogens (primary N) is 1. The lowest BCUT2D eigenvalue weighted by atomic mass is 9.86. The van der Waals surface area contributed by atoms with Gasteiger partial charge < -0.3 is 10.6 Å². The molecule has 0 spiro atoms. The van der Waals surface area contributed by atoms with Crippen LogP contribution in [0.4, 0.5) is 10.1 Å². The van der Waals surface area contributed by atoms with Gasteiger partial charge in [0, 0.05) is 18.7 Å². The summed E-state index contributed by atoms with van der Waals surface area (Å²) in [6.07, 6.45) is 2.08. The molecule has 0 aliphatic carbocycles. The summed E-state index contributed by atoms with van der Waals surface area (Å²) >= 11 is 0. The van der Waals surface area contributed by atoms with Gasteiger partial charge in [-0.25, -0.2) is 4.39 Å². The number of nitrogens with zero attached hydrogens (tertiary/aromatic N) is 1. The van der Waals surface area contributed by atoms with Gasteiger partial charge in [-0.3, -0.25) is 4.79 Å². The van der Waals surface area contributed by atoms with E-state index in [1.54, 1.807) is 0 Å². The molecule has 0 bridgehead atoms. The number of amides is 1. The molecule has 0 atom stereocenters. The van der Waals surface area contributed by atoms with Gasteiger partial charge in [0.2, 0.25) is 0 Å². The first kappa shape index (κ1) is 13.8. The van der Waals surface area contributed by atoms with Gasteiger partial charge in [-0.1, -0.05) is 13.8 Å². The van der Waals surface area contributed by atoms with Gasteiger partial charge in [-0.2, -0.15) is 0 Å². The highest BCUT2D eigenvalue weighted by molar-refractivity contribution is 5.95. The topological polar surface area (TPSA) is 46.3 Å². The highest BCUT2D eigenvalue weighted by atomic mass is 19.1. The fourth-order valence-corrected chi connectivity index (χ4v) is 2.63. The molecule has 1 aliphatic rings. The Labute approximate surface area is 113 Å². The fourth-order valence-electron chi connectivity index (χ4n) is 2.63. The smallest absolute Gasteiger partial charge is 0.253 e. The van der Waals surface area contributed by atoms with Crippen molar-refractivity contribution in [3.05, 3.63) is 29.6 Å². The van der Waals surface area contributed by atoms with Crippen LogP contribution in [-0.4, -0.2) is 23.9 Å². The SMILES string of the molecule is CC(C)C1CCN(C(=O)c2ccc(F)c(N)c2)CC1. The van der Waals surface area contributed by atoms with E-state index < -0.39 is 5.82 Å². The number of hydrogen-bond acceptors (Lipinski definition) is 2. The number of anilines is 1. The molecule has 0 saturated carbocycles.